The van der Waals surface area contributed by atoms with Crippen LogP contribution < -0.4 is 5.56 Å². The molecular formula is C24H27N5O. The third kappa shape index (κ3) is 2.85. The van der Waals surface area contributed by atoms with Gasteiger partial charge in [-0.1, -0.05) is 63.9 Å². The summed E-state index contributed by atoms with van der Waals surface area (Å²) in [6.45, 7) is 6.63. The lowest BCUT2D eigenvalue weighted by atomic mass is 9.78. The quantitative estimate of drug-likeness (QED) is 0.501. The number of pyridine rings is 1. The summed E-state index contributed by atoms with van der Waals surface area (Å²) in [5, 5.41) is 13.7. The minimum absolute atomic E-state index is 0.0670. The molecule has 6 nitrogen and oxygen atoms in total. The highest BCUT2D eigenvalue weighted by Crippen LogP contribution is 2.37. The zero-order valence-corrected chi connectivity index (χ0v) is 17.7. The first-order valence-electron chi connectivity index (χ1n) is 10.9. The fourth-order valence-electron chi connectivity index (χ4n) is 4.96. The van der Waals surface area contributed by atoms with E-state index in [4.69, 9.17) is 5.10 Å². The van der Waals surface area contributed by atoms with Gasteiger partial charge < -0.3 is 4.57 Å². The molecule has 0 aliphatic heterocycles. The predicted molar refractivity (Wildman–Crippen MR) is 119 cm³/mol. The molecule has 0 N–H and O–H groups in total. The first-order valence-corrected chi connectivity index (χ1v) is 10.9. The summed E-state index contributed by atoms with van der Waals surface area (Å²) in [5.41, 5.74) is 4.75. The van der Waals surface area contributed by atoms with Crippen molar-refractivity contribution >= 4 is 16.7 Å². The fourth-order valence-corrected chi connectivity index (χ4v) is 4.96. The highest BCUT2D eigenvalue weighted by molar-refractivity contribution is 5.84. The number of hydrogen-bond donors (Lipinski definition) is 0. The summed E-state index contributed by atoms with van der Waals surface area (Å²) >= 11 is 0. The summed E-state index contributed by atoms with van der Waals surface area (Å²) in [5.74, 6) is 1.08. The van der Waals surface area contributed by atoms with Gasteiger partial charge in [-0.15, -0.1) is 10.2 Å². The van der Waals surface area contributed by atoms with Gasteiger partial charge in [0.2, 0.25) is 0 Å². The second-order valence-electron chi connectivity index (χ2n) is 8.57. The van der Waals surface area contributed by atoms with Crippen LogP contribution >= 0.6 is 0 Å². The molecule has 1 aliphatic carbocycles. The van der Waals surface area contributed by atoms with E-state index in [2.05, 4.69) is 43.1 Å². The van der Waals surface area contributed by atoms with Crippen molar-refractivity contribution in [2.24, 2.45) is 11.8 Å². The standard InChI is InChI=1S/C24H27N5O/c1-4-18-21(17-10-6-5-7-11-17)23-26-25-22-20(29(23)27-18)13-14-28(24(22)30)19-12-8-9-15(2)16(19)3/h5-7,10-11,13-16,19H,4,8-9,12H2,1-3H3/t15-,16-,19-/m0/s1. The number of aromatic nitrogens is 5. The Balaban J connectivity index is 1.71. The molecule has 0 amide bonds. The van der Waals surface area contributed by atoms with Gasteiger partial charge >= 0.3 is 0 Å². The molecule has 0 saturated heterocycles. The molecule has 3 atom stereocenters. The molecule has 3 heterocycles. The number of rotatable bonds is 3. The van der Waals surface area contributed by atoms with Crippen LogP contribution in [0.1, 0.15) is 51.8 Å². The first kappa shape index (κ1) is 19.0. The van der Waals surface area contributed by atoms with Crippen LogP contribution in [-0.2, 0) is 6.42 Å². The molecule has 154 valence electrons. The number of aryl methyl sites for hydroxylation is 1. The van der Waals surface area contributed by atoms with Crippen molar-refractivity contribution in [1.29, 1.82) is 0 Å². The maximum absolute atomic E-state index is 13.4. The Morgan fingerprint density at radius 1 is 1.07 bits per heavy atom. The largest absolute Gasteiger partial charge is 0.310 e. The van der Waals surface area contributed by atoms with Crippen LogP contribution in [0.15, 0.2) is 47.4 Å². The highest BCUT2D eigenvalue weighted by atomic mass is 16.1. The lowest BCUT2D eigenvalue weighted by Gasteiger charge is -2.35. The van der Waals surface area contributed by atoms with Gasteiger partial charge in [0.15, 0.2) is 11.2 Å². The maximum Gasteiger partial charge on any atom is 0.280 e. The third-order valence-electron chi connectivity index (χ3n) is 6.90. The van der Waals surface area contributed by atoms with Crippen LogP contribution in [0.5, 0.6) is 0 Å². The molecule has 1 saturated carbocycles. The van der Waals surface area contributed by atoms with Crippen LogP contribution in [0.2, 0.25) is 0 Å². The van der Waals surface area contributed by atoms with Gasteiger partial charge in [-0.3, -0.25) is 4.79 Å². The van der Waals surface area contributed by atoms with E-state index < -0.39 is 0 Å². The van der Waals surface area contributed by atoms with Crippen molar-refractivity contribution in [2.75, 3.05) is 0 Å². The molecule has 30 heavy (non-hydrogen) atoms. The third-order valence-corrected chi connectivity index (χ3v) is 6.90. The van der Waals surface area contributed by atoms with Gasteiger partial charge in [0.1, 0.15) is 5.52 Å². The van der Waals surface area contributed by atoms with Crippen LogP contribution in [0.4, 0.5) is 0 Å². The zero-order chi connectivity index (χ0) is 20.8. The normalized spacial score (nSPS) is 22.0. The van der Waals surface area contributed by atoms with Gasteiger partial charge in [-0.2, -0.15) is 5.10 Å². The molecule has 0 unspecified atom stereocenters. The Kier molecular flexibility index (Phi) is 4.65. The Hall–Kier alpha value is -3.02. The Morgan fingerprint density at radius 3 is 2.63 bits per heavy atom. The van der Waals surface area contributed by atoms with Crippen molar-refractivity contribution in [1.82, 2.24) is 24.4 Å². The van der Waals surface area contributed by atoms with Gasteiger partial charge in [0, 0.05) is 12.2 Å². The molecule has 6 heteroatoms. The Labute approximate surface area is 175 Å². The van der Waals surface area contributed by atoms with Gasteiger partial charge in [-0.25, -0.2) is 4.52 Å². The van der Waals surface area contributed by atoms with Crippen molar-refractivity contribution in [3.63, 3.8) is 0 Å². The number of fused-ring (bicyclic) bond motifs is 3. The van der Waals surface area contributed by atoms with E-state index in [0.29, 0.717) is 23.0 Å². The van der Waals surface area contributed by atoms with E-state index in [9.17, 15) is 4.79 Å². The molecule has 0 bridgehead atoms. The molecule has 4 aromatic rings. The van der Waals surface area contributed by atoms with Gasteiger partial charge in [-0.05, 0) is 36.3 Å². The smallest absolute Gasteiger partial charge is 0.280 e. The average Bonchev–Trinajstić information content (AvgIpc) is 3.16. The van der Waals surface area contributed by atoms with Crippen LogP contribution in [0.3, 0.4) is 0 Å². The average molecular weight is 402 g/mol. The highest BCUT2D eigenvalue weighted by Gasteiger charge is 2.29. The second kappa shape index (κ2) is 7.35. The molecule has 5 rings (SSSR count). The number of nitrogens with zero attached hydrogens (tertiary/aromatic N) is 5. The molecule has 0 spiro atoms. The minimum atomic E-state index is -0.0670. The SMILES string of the molecule is CCc1nn2c(nnc3c(=O)n([C@H]4CCC[C@H](C)[C@@H]4C)ccc32)c1-c1ccccc1. The fraction of sp³-hybridized carbons (Fsp3) is 0.417. The van der Waals surface area contributed by atoms with E-state index in [1.54, 1.807) is 4.52 Å². The number of benzene rings is 1. The second-order valence-corrected chi connectivity index (χ2v) is 8.57. The summed E-state index contributed by atoms with van der Waals surface area (Å²) in [6.07, 6.45) is 6.14. The van der Waals surface area contributed by atoms with Crippen LogP contribution in [-0.4, -0.2) is 24.4 Å². The lowest BCUT2D eigenvalue weighted by molar-refractivity contribution is 0.183. The monoisotopic (exact) mass is 401 g/mol. The molecule has 1 aliphatic rings. The Morgan fingerprint density at radius 2 is 1.87 bits per heavy atom. The summed E-state index contributed by atoms with van der Waals surface area (Å²) in [6, 6.07) is 12.3. The first-order chi connectivity index (χ1) is 14.6. The Bertz CT molecular complexity index is 1270. The molecule has 1 aromatic carbocycles. The van der Waals surface area contributed by atoms with E-state index >= 15 is 0 Å². The van der Waals surface area contributed by atoms with Gasteiger partial charge in [0.25, 0.3) is 5.56 Å². The van der Waals surface area contributed by atoms with E-state index in [1.807, 2.05) is 35.0 Å². The van der Waals surface area contributed by atoms with Crippen molar-refractivity contribution in [3.8, 4) is 11.1 Å². The summed E-state index contributed by atoms with van der Waals surface area (Å²) in [4.78, 5) is 13.4. The van der Waals surface area contributed by atoms with Crippen molar-refractivity contribution in [3.05, 3.63) is 58.6 Å². The molecular weight excluding hydrogens is 374 g/mol. The summed E-state index contributed by atoms with van der Waals surface area (Å²) < 4.78 is 3.67. The number of hydrogen-bond acceptors (Lipinski definition) is 4. The van der Waals surface area contributed by atoms with E-state index in [1.165, 1.54) is 6.42 Å². The van der Waals surface area contributed by atoms with Crippen LogP contribution in [0, 0.1) is 11.8 Å². The molecule has 0 radical (unpaired) electrons. The topological polar surface area (TPSA) is 65.1 Å². The zero-order valence-electron chi connectivity index (χ0n) is 17.7. The van der Waals surface area contributed by atoms with Crippen LogP contribution in [0.25, 0.3) is 27.8 Å². The minimum Gasteiger partial charge on any atom is -0.310 e. The van der Waals surface area contributed by atoms with Crippen molar-refractivity contribution < 1.29 is 0 Å². The lowest BCUT2D eigenvalue weighted by Crippen LogP contribution is -2.34. The molecule has 1 fully saturated rings. The van der Waals surface area contributed by atoms with E-state index in [-0.39, 0.29) is 11.6 Å². The van der Waals surface area contributed by atoms with Crippen molar-refractivity contribution in [2.45, 2.75) is 52.5 Å². The van der Waals surface area contributed by atoms with E-state index in [0.717, 1.165) is 41.6 Å². The maximum atomic E-state index is 13.4. The molecule has 3 aromatic heterocycles. The summed E-state index contributed by atoms with van der Waals surface area (Å²) in [7, 11) is 0. The predicted octanol–water partition coefficient (Wildman–Crippen LogP) is 4.67. The van der Waals surface area contributed by atoms with Gasteiger partial charge in [0.05, 0.1) is 11.3 Å².